The first kappa shape index (κ1) is 19.8. The molecule has 0 bridgehead atoms. The summed E-state index contributed by atoms with van der Waals surface area (Å²) in [5.74, 6) is -0.145. The summed E-state index contributed by atoms with van der Waals surface area (Å²) in [6, 6.07) is 14.5. The fraction of sp³-hybridized carbons (Fsp3) is 0.381. The van der Waals surface area contributed by atoms with Crippen molar-refractivity contribution in [2.75, 3.05) is 25.0 Å². The van der Waals surface area contributed by atoms with Gasteiger partial charge in [0.15, 0.2) is 0 Å². The smallest absolute Gasteiger partial charge is 0.293 e. The molecule has 1 saturated heterocycles. The van der Waals surface area contributed by atoms with E-state index >= 15 is 0 Å². The second kappa shape index (κ2) is 9.32. The second-order valence-corrected chi connectivity index (χ2v) is 6.97. The van der Waals surface area contributed by atoms with Gasteiger partial charge in [-0.1, -0.05) is 37.3 Å². The Morgan fingerprint density at radius 2 is 2.07 bits per heavy atom. The molecule has 148 valence electrons. The van der Waals surface area contributed by atoms with E-state index in [9.17, 15) is 14.9 Å². The maximum Gasteiger partial charge on any atom is 0.293 e. The number of nitrogens with one attached hydrogen (secondary N) is 2. The number of nitrogens with zero attached hydrogens (tertiary/aromatic N) is 2. The van der Waals surface area contributed by atoms with Crippen molar-refractivity contribution in [3.05, 3.63) is 69.8 Å². The van der Waals surface area contributed by atoms with Crippen molar-refractivity contribution in [1.82, 2.24) is 10.2 Å². The van der Waals surface area contributed by atoms with Crippen LogP contribution < -0.4 is 10.6 Å². The van der Waals surface area contributed by atoms with E-state index in [0.717, 1.165) is 31.5 Å². The minimum atomic E-state index is -0.439. The van der Waals surface area contributed by atoms with Gasteiger partial charge in [-0.25, -0.2) is 0 Å². The molecule has 1 amide bonds. The van der Waals surface area contributed by atoms with Crippen LogP contribution >= 0.6 is 0 Å². The van der Waals surface area contributed by atoms with Gasteiger partial charge in [-0.05, 0) is 37.1 Å². The lowest BCUT2D eigenvalue weighted by molar-refractivity contribution is -0.384. The summed E-state index contributed by atoms with van der Waals surface area (Å²) in [6.07, 6.45) is 1.76. The highest BCUT2D eigenvalue weighted by atomic mass is 16.6. The molecule has 28 heavy (non-hydrogen) atoms. The molecule has 0 aliphatic carbocycles. The van der Waals surface area contributed by atoms with E-state index in [2.05, 4.69) is 10.6 Å². The summed E-state index contributed by atoms with van der Waals surface area (Å²) >= 11 is 0. The van der Waals surface area contributed by atoms with Crippen molar-refractivity contribution in [2.24, 2.45) is 0 Å². The molecule has 2 N–H and O–H groups in total. The van der Waals surface area contributed by atoms with Crippen molar-refractivity contribution < 1.29 is 9.72 Å². The molecule has 3 rings (SSSR count). The monoisotopic (exact) mass is 382 g/mol. The SMILES string of the molecule is CCCN(C(=O)c1ccc(NCc2ccccc2)c([N+](=O)[O-])c1)C1CCNC1. The van der Waals surface area contributed by atoms with E-state index in [-0.39, 0.29) is 17.6 Å². The molecule has 1 aliphatic rings. The van der Waals surface area contributed by atoms with E-state index in [4.69, 9.17) is 0 Å². The Hall–Kier alpha value is -2.93. The fourth-order valence-corrected chi connectivity index (χ4v) is 3.52. The highest BCUT2D eigenvalue weighted by Crippen LogP contribution is 2.27. The average molecular weight is 382 g/mol. The topological polar surface area (TPSA) is 87.5 Å². The normalized spacial score (nSPS) is 16.0. The van der Waals surface area contributed by atoms with Gasteiger partial charge in [-0.2, -0.15) is 0 Å². The lowest BCUT2D eigenvalue weighted by Crippen LogP contribution is -2.42. The maximum absolute atomic E-state index is 13.0. The number of nitro benzene ring substituents is 1. The second-order valence-electron chi connectivity index (χ2n) is 6.97. The Morgan fingerprint density at radius 3 is 2.71 bits per heavy atom. The van der Waals surface area contributed by atoms with E-state index in [0.29, 0.717) is 24.3 Å². The summed E-state index contributed by atoms with van der Waals surface area (Å²) in [5.41, 5.74) is 1.72. The predicted molar refractivity (Wildman–Crippen MR) is 109 cm³/mol. The number of carbonyl (C=O) groups excluding carboxylic acids is 1. The molecule has 0 radical (unpaired) electrons. The lowest BCUT2D eigenvalue weighted by atomic mass is 10.1. The van der Waals surface area contributed by atoms with Gasteiger partial charge in [0, 0.05) is 37.3 Å². The molecule has 1 heterocycles. The van der Waals surface area contributed by atoms with Crippen LogP contribution in [0.25, 0.3) is 0 Å². The Bertz CT molecular complexity index is 820. The first-order valence-corrected chi connectivity index (χ1v) is 9.68. The minimum Gasteiger partial charge on any atom is -0.375 e. The van der Waals surface area contributed by atoms with Crippen LogP contribution in [0.15, 0.2) is 48.5 Å². The summed E-state index contributed by atoms with van der Waals surface area (Å²) in [7, 11) is 0. The summed E-state index contributed by atoms with van der Waals surface area (Å²) < 4.78 is 0. The van der Waals surface area contributed by atoms with Crippen LogP contribution in [-0.2, 0) is 6.54 Å². The standard InChI is InChI=1S/C21H26N4O3/c1-2-12-24(18-10-11-22-15-18)21(26)17-8-9-19(20(13-17)25(27)28)23-14-16-6-4-3-5-7-16/h3-9,13,18,22-23H,2,10-12,14-15H2,1H3. The zero-order chi connectivity index (χ0) is 19.9. The van der Waals surface area contributed by atoms with Crippen molar-refractivity contribution in [1.29, 1.82) is 0 Å². The molecule has 0 aromatic heterocycles. The molecule has 1 atom stereocenters. The zero-order valence-corrected chi connectivity index (χ0v) is 16.1. The van der Waals surface area contributed by atoms with E-state index in [1.54, 1.807) is 12.1 Å². The maximum atomic E-state index is 13.0. The van der Waals surface area contributed by atoms with Crippen molar-refractivity contribution in [3.63, 3.8) is 0 Å². The third kappa shape index (κ3) is 4.67. The van der Waals surface area contributed by atoms with Crippen LogP contribution in [0.4, 0.5) is 11.4 Å². The number of amides is 1. The van der Waals surface area contributed by atoms with Crippen molar-refractivity contribution in [3.8, 4) is 0 Å². The number of anilines is 1. The molecule has 0 spiro atoms. The van der Waals surface area contributed by atoms with Gasteiger partial charge < -0.3 is 15.5 Å². The fourth-order valence-electron chi connectivity index (χ4n) is 3.52. The third-order valence-corrected chi connectivity index (χ3v) is 4.97. The molecule has 0 saturated carbocycles. The molecule has 2 aromatic carbocycles. The molecule has 1 unspecified atom stereocenters. The van der Waals surface area contributed by atoms with Gasteiger partial charge in [0.25, 0.3) is 11.6 Å². The number of hydrogen-bond acceptors (Lipinski definition) is 5. The van der Waals surface area contributed by atoms with E-state index in [1.807, 2.05) is 42.2 Å². The molecular weight excluding hydrogens is 356 g/mol. The van der Waals surface area contributed by atoms with Crippen molar-refractivity contribution >= 4 is 17.3 Å². The number of benzene rings is 2. The molecule has 1 fully saturated rings. The van der Waals surface area contributed by atoms with Gasteiger partial charge in [0.2, 0.25) is 0 Å². The number of carbonyl (C=O) groups is 1. The van der Waals surface area contributed by atoms with Crippen LogP contribution in [0.2, 0.25) is 0 Å². The summed E-state index contributed by atoms with van der Waals surface area (Å²) in [5, 5.41) is 18.0. The van der Waals surface area contributed by atoms with Crippen LogP contribution in [-0.4, -0.2) is 41.4 Å². The van der Waals surface area contributed by atoms with Crippen LogP contribution in [0.3, 0.4) is 0 Å². The van der Waals surface area contributed by atoms with Gasteiger partial charge in [-0.3, -0.25) is 14.9 Å². The summed E-state index contributed by atoms with van der Waals surface area (Å²) in [4.78, 5) is 26.0. The largest absolute Gasteiger partial charge is 0.375 e. The number of nitro groups is 1. The van der Waals surface area contributed by atoms with Crippen molar-refractivity contribution in [2.45, 2.75) is 32.4 Å². The highest BCUT2D eigenvalue weighted by molar-refractivity contribution is 5.96. The first-order chi connectivity index (χ1) is 13.6. The Morgan fingerprint density at radius 1 is 1.29 bits per heavy atom. The molecule has 1 aliphatic heterocycles. The quantitative estimate of drug-likeness (QED) is 0.540. The summed E-state index contributed by atoms with van der Waals surface area (Å²) in [6.45, 7) is 4.81. The van der Waals surface area contributed by atoms with Gasteiger partial charge in [0.1, 0.15) is 5.69 Å². The van der Waals surface area contributed by atoms with E-state index < -0.39 is 4.92 Å². The lowest BCUT2D eigenvalue weighted by Gasteiger charge is -2.28. The molecular formula is C21H26N4O3. The Labute approximate surface area is 164 Å². The predicted octanol–water partition coefficient (Wildman–Crippen LogP) is 3.42. The highest BCUT2D eigenvalue weighted by Gasteiger charge is 2.28. The van der Waals surface area contributed by atoms with Gasteiger partial charge in [0.05, 0.1) is 4.92 Å². The molecule has 2 aromatic rings. The van der Waals surface area contributed by atoms with Gasteiger partial charge >= 0.3 is 0 Å². The molecule has 7 nitrogen and oxygen atoms in total. The molecule has 7 heteroatoms. The van der Waals surface area contributed by atoms with Crippen LogP contribution in [0, 0.1) is 10.1 Å². The first-order valence-electron chi connectivity index (χ1n) is 9.68. The Balaban J connectivity index is 1.80. The minimum absolute atomic E-state index is 0.0808. The average Bonchev–Trinajstić information content (AvgIpc) is 3.25. The zero-order valence-electron chi connectivity index (χ0n) is 16.1. The van der Waals surface area contributed by atoms with Crippen LogP contribution in [0.1, 0.15) is 35.7 Å². The van der Waals surface area contributed by atoms with E-state index in [1.165, 1.54) is 6.07 Å². The number of rotatable bonds is 8. The third-order valence-electron chi connectivity index (χ3n) is 4.97. The van der Waals surface area contributed by atoms with Crippen LogP contribution in [0.5, 0.6) is 0 Å². The van der Waals surface area contributed by atoms with Gasteiger partial charge in [-0.15, -0.1) is 0 Å². The number of hydrogen-bond donors (Lipinski definition) is 2. The Kier molecular flexibility index (Phi) is 6.60.